The molecule has 0 radical (unpaired) electrons. The Morgan fingerprint density at radius 2 is 2.11 bits per heavy atom. The van der Waals surface area contributed by atoms with Gasteiger partial charge >= 0.3 is 0 Å². The Morgan fingerprint density at radius 1 is 1.37 bits per heavy atom. The highest BCUT2D eigenvalue weighted by atomic mass is 16.5. The first-order chi connectivity index (χ1) is 9.20. The Kier molecular flexibility index (Phi) is 4.97. The van der Waals surface area contributed by atoms with Gasteiger partial charge in [-0.05, 0) is 31.7 Å². The number of nitrogens with zero attached hydrogens (tertiary/aromatic N) is 1. The van der Waals surface area contributed by atoms with Crippen molar-refractivity contribution >= 4 is 5.91 Å². The van der Waals surface area contributed by atoms with Crippen molar-refractivity contribution in [2.45, 2.75) is 38.6 Å². The van der Waals surface area contributed by atoms with Crippen molar-refractivity contribution in [3.05, 3.63) is 35.4 Å². The fourth-order valence-electron chi connectivity index (χ4n) is 2.71. The maximum absolute atomic E-state index is 12.1. The Hall–Kier alpha value is -1.35. The first-order valence-electron chi connectivity index (χ1n) is 7.04. The molecule has 104 valence electrons. The van der Waals surface area contributed by atoms with E-state index >= 15 is 0 Å². The fraction of sp³-hybridized carbons (Fsp3) is 0.562. The second kappa shape index (κ2) is 6.71. The van der Waals surface area contributed by atoms with Crippen LogP contribution in [-0.2, 0) is 16.0 Å². The van der Waals surface area contributed by atoms with Crippen molar-refractivity contribution in [1.29, 1.82) is 0 Å². The van der Waals surface area contributed by atoms with Gasteiger partial charge in [0.05, 0.1) is 13.0 Å². The summed E-state index contributed by atoms with van der Waals surface area (Å²) in [5.41, 5.74) is 2.60. The summed E-state index contributed by atoms with van der Waals surface area (Å²) < 4.78 is 4.99. The molecule has 0 saturated carbocycles. The monoisotopic (exact) mass is 261 g/mol. The van der Waals surface area contributed by atoms with E-state index in [1.165, 1.54) is 11.1 Å². The van der Waals surface area contributed by atoms with Gasteiger partial charge in [0.2, 0.25) is 5.91 Å². The number of methoxy groups -OCH3 is 1. The summed E-state index contributed by atoms with van der Waals surface area (Å²) >= 11 is 0. The highest BCUT2D eigenvalue weighted by Crippen LogP contribution is 2.22. The first-order valence-corrected chi connectivity index (χ1v) is 7.04. The molecule has 1 aliphatic heterocycles. The fourth-order valence-corrected chi connectivity index (χ4v) is 2.71. The van der Waals surface area contributed by atoms with Crippen LogP contribution in [0.3, 0.4) is 0 Å². The molecule has 0 spiro atoms. The predicted octanol–water partition coefficient (Wildman–Crippen LogP) is 2.57. The van der Waals surface area contributed by atoms with E-state index in [1.807, 2.05) is 4.90 Å². The van der Waals surface area contributed by atoms with Crippen molar-refractivity contribution in [3.8, 4) is 0 Å². The van der Waals surface area contributed by atoms with Crippen molar-refractivity contribution in [1.82, 2.24) is 4.90 Å². The number of benzene rings is 1. The first kappa shape index (κ1) is 14.1. The highest BCUT2D eigenvalue weighted by molar-refractivity contribution is 5.77. The molecule has 1 saturated heterocycles. The minimum atomic E-state index is 0.233. The van der Waals surface area contributed by atoms with Crippen LogP contribution in [0.25, 0.3) is 0 Å². The molecule has 0 unspecified atom stereocenters. The molecule has 1 aromatic carbocycles. The summed E-state index contributed by atoms with van der Waals surface area (Å²) in [4.78, 5) is 14.1. The van der Waals surface area contributed by atoms with Gasteiger partial charge in [-0.2, -0.15) is 0 Å². The van der Waals surface area contributed by atoms with Gasteiger partial charge in [0.15, 0.2) is 0 Å². The van der Waals surface area contributed by atoms with E-state index in [0.29, 0.717) is 19.1 Å². The van der Waals surface area contributed by atoms with Gasteiger partial charge in [0.1, 0.15) is 0 Å². The van der Waals surface area contributed by atoms with Crippen molar-refractivity contribution in [2.75, 3.05) is 20.3 Å². The average molecular weight is 261 g/mol. The third kappa shape index (κ3) is 3.80. The summed E-state index contributed by atoms with van der Waals surface area (Å²) in [6.45, 7) is 3.52. The van der Waals surface area contributed by atoms with Crippen LogP contribution in [-0.4, -0.2) is 37.1 Å². The minimum absolute atomic E-state index is 0.233. The third-order valence-electron chi connectivity index (χ3n) is 3.81. The third-order valence-corrected chi connectivity index (χ3v) is 3.81. The lowest BCUT2D eigenvalue weighted by molar-refractivity contribution is -0.132. The van der Waals surface area contributed by atoms with Crippen LogP contribution in [0.2, 0.25) is 0 Å². The SMILES string of the molecule is COCCC(=O)N1CCC[C@@H]1Cc1ccc(C)cc1. The minimum Gasteiger partial charge on any atom is -0.384 e. The molecule has 1 aliphatic rings. The molecule has 0 aromatic heterocycles. The van der Waals surface area contributed by atoms with E-state index in [2.05, 4.69) is 31.2 Å². The van der Waals surface area contributed by atoms with Gasteiger partial charge < -0.3 is 9.64 Å². The molecule has 1 aromatic rings. The largest absolute Gasteiger partial charge is 0.384 e. The molecule has 1 atom stereocenters. The van der Waals surface area contributed by atoms with Crippen LogP contribution in [0.5, 0.6) is 0 Å². The second-order valence-corrected chi connectivity index (χ2v) is 5.32. The van der Waals surface area contributed by atoms with Crippen LogP contribution in [0, 0.1) is 6.92 Å². The summed E-state index contributed by atoms with van der Waals surface area (Å²) in [6, 6.07) is 8.99. The number of aryl methyl sites for hydroxylation is 1. The Balaban J connectivity index is 1.95. The normalized spacial score (nSPS) is 18.8. The molecule has 1 fully saturated rings. The van der Waals surface area contributed by atoms with E-state index in [4.69, 9.17) is 4.74 Å². The van der Waals surface area contributed by atoms with Crippen LogP contribution >= 0.6 is 0 Å². The number of hydrogen-bond acceptors (Lipinski definition) is 2. The van der Waals surface area contributed by atoms with Crippen LogP contribution in [0.15, 0.2) is 24.3 Å². The number of carbonyl (C=O) groups excluding carboxylic acids is 1. The van der Waals surface area contributed by atoms with E-state index in [0.717, 1.165) is 25.8 Å². The predicted molar refractivity (Wildman–Crippen MR) is 76.1 cm³/mol. The summed E-state index contributed by atoms with van der Waals surface area (Å²) in [7, 11) is 1.64. The summed E-state index contributed by atoms with van der Waals surface area (Å²) in [6.07, 6.45) is 3.71. The maximum Gasteiger partial charge on any atom is 0.225 e. The zero-order valence-electron chi connectivity index (χ0n) is 11.9. The van der Waals surface area contributed by atoms with Crippen LogP contribution in [0.4, 0.5) is 0 Å². The molecule has 3 heteroatoms. The van der Waals surface area contributed by atoms with E-state index < -0.39 is 0 Å². The zero-order chi connectivity index (χ0) is 13.7. The average Bonchev–Trinajstić information content (AvgIpc) is 2.87. The number of carbonyl (C=O) groups is 1. The Labute approximate surface area is 115 Å². The van der Waals surface area contributed by atoms with Gasteiger partial charge in [-0.3, -0.25) is 4.79 Å². The molecule has 1 amide bonds. The van der Waals surface area contributed by atoms with E-state index in [1.54, 1.807) is 7.11 Å². The smallest absolute Gasteiger partial charge is 0.225 e. The van der Waals surface area contributed by atoms with E-state index in [-0.39, 0.29) is 5.91 Å². The second-order valence-electron chi connectivity index (χ2n) is 5.32. The Morgan fingerprint density at radius 3 is 2.79 bits per heavy atom. The van der Waals surface area contributed by atoms with Crippen molar-refractivity contribution in [2.24, 2.45) is 0 Å². The molecule has 0 bridgehead atoms. The molecule has 2 rings (SSSR count). The topological polar surface area (TPSA) is 29.5 Å². The standard InChI is InChI=1S/C16H23NO2/c1-13-5-7-14(8-6-13)12-15-4-3-10-17(15)16(18)9-11-19-2/h5-8,15H,3-4,9-12H2,1-2H3/t15-/m1/s1. The van der Waals surface area contributed by atoms with E-state index in [9.17, 15) is 4.79 Å². The molecule has 0 aliphatic carbocycles. The van der Waals surface area contributed by atoms with Crippen molar-refractivity contribution in [3.63, 3.8) is 0 Å². The van der Waals surface area contributed by atoms with Gasteiger partial charge in [-0.1, -0.05) is 29.8 Å². The molecule has 19 heavy (non-hydrogen) atoms. The van der Waals surface area contributed by atoms with Gasteiger partial charge in [-0.25, -0.2) is 0 Å². The molecule has 3 nitrogen and oxygen atoms in total. The lowest BCUT2D eigenvalue weighted by Gasteiger charge is -2.25. The number of ether oxygens (including phenoxy) is 1. The number of amides is 1. The van der Waals surface area contributed by atoms with Gasteiger partial charge in [0.25, 0.3) is 0 Å². The Bertz CT molecular complexity index is 413. The molecule has 0 N–H and O–H groups in total. The van der Waals surface area contributed by atoms with Crippen LogP contribution < -0.4 is 0 Å². The van der Waals surface area contributed by atoms with Gasteiger partial charge in [0, 0.05) is 19.7 Å². The number of hydrogen-bond donors (Lipinski definition) is 0. The maximum atomic E-state index is 12.1. The zero-order valence-corrected chi connectivity index (χ0v) is 11.9. The lowest BCUT2D eigenvalue weighted by Crippen LogP contribution is -2.37. The van der Waals surface area contributed by atoms with Gasteiger partial charge in [-0.15, -0.1) is 0 Å². The lowest BCUT2D eigenvalue weighted by atomic mass is 10.0. The van der Waals surface area contributed by atoms with Crippen molar-refractivity contribution < 1.29 is 9.53 Å². The highest BCUT2D eigenvalue weighted by Gasteiger charge is 2.28. The number of rotatable bonds is 5. The summed E-state index contributed by atoms with van der Waals surface area (Å²) in [5, 5.41) is 0. The molecule has 1 heterocycles. The molecular formula is C16H23NO2. The molecular weight excluding hydrogens is 238 g/mol. The van der Waals surface area contributed by atoms with Crippen LogP contribution in [0.1, 0.15) is 30.4 Å². The number of likely N-dealkylation sites (tertiary alicyclic amines) is 1. The quantitative estimate of drug-likeness (QED) is 0.815. The summed E-state index contributed by atoms with van der Waals surface area (Å²) in [5.74, 6) is 0.233.